The van der Waals surface area contributed by atoms with E-state index in [2.05, 4.69) is 10.0 Å². The van der Waals surface area contributed by atoms with Crippen LogP contribution in [-0.4, -0.2) is 20.9 Å². The highest BCUT2D eigenvalue weighted by Gasteiger charge is 2.30. The molecule has 9 heteroatoms. The van der Waals surface area contributed by atoms with E-state index in [0.717, 1.165) is 5.56 Å². The molecule has 0 atom stereocenters. The van der Waals surface area contributed by atoms with Crippen LogP contribution in [-0.2, 0) is 14.8 Å². The smallest absolute Gasteiger partial charge is 0.265 e. The molecule has 0 spiro atoms. The quantitative estimate of drug-likeness (QED) is 0.821. The number of hydrogen-bond acceptors (Lipinski definition) is 4. The van der Waals surface area contributed by atoms with E-state index in [1.54, 1.807) is 19.1 Å². The number of hydrogen-bond donors (Lipinski definition) is 2. The average Bonchev–Trinajstić information content (AvgIpc) is 2.52. The van der Waals surface area contributed by atoms with Gasteiger partial charge in [0.1, 0.15) is 4.90 Å². The van der Waals surface area contributed by atoms with Gasteiger partial charge in [-0.1, -0.05) is 29.3 Å². The normalized spacial score (nSPS) is 13.7. The summed E-state index contributed by atoms with van der Waals surface area (Å²) >= 11 is 12.2. The zero-order chi connectivity index (χ0) is 18.4. The van der Waals surface area contributed by atoms with Gasteiger partial charge in [-0.05, 0) is 43.2 Å². The molecule has 0 fully saturated rings. The Morgan fingerprint density at radius 2 is 1.88 bits per heavy atom. The summed E-state index contributed by atoms with van der Waals surface area (Å²) in [7, 11) is -4.02. The van der Waals surface area contributed by atoms with Gasteiger partial charge in [0.25, 0.3) is 15.9 Å². The van der Waals surface area contributed by atoms with Gasteiger partial charge in [0.15, 0.2) is 12.4 Å². The predicted molar refractivity (Wildman–Crippen MR) is 97.3 cm³/mol. The molecule has 0 bridgehead atoms. The van der Waals surface area contributed by atoms with Gasteiger partial charge in [-0.25, -0.2) is 8.42 Å². The minimum absolute atomic E-state index is 0.0622. The summed E-state index contributed by atoms with van der Waals surface area (Å²) in [5.41, 5.74) is 1.67. The van der Waals surface area contributed by atoms with Gasteiger partial charge < -0.3 is 10.1 Å². The number of rotatable bonds is 3. The van der Waals surface area contributed by atoms with Crippen molar-refractivity contribution in [3.05, 3.63) is 45.4 Å². The first kappa shape index (κ1) is 17.8. The molecule has 2 aromatic carbocycles. The second-order valence-electron chi connectivity index (χ2n) is 5.60. The monoisotopic (exact) mass is 400 g/mol. The lowest BCUT2D eigenvalue weighted by atomic mass is 10.2. The van der Waals surface area contributed by atoms with E-state index < -0.39 is 10.0 Å². The Labute approximate surface area is 155 Å². The molecule has 1 amide bonds. The zero-order valence-electron chi connectivity index (χ0n) is 13.3. The Kier molecular flexibility index (Phi) is 4.57. The number of anilines is 2. The second kappa shape index (κ2) is 6.40. The van der Waals surface area contributed by atoms with E-state index in [1.165, 1.54) is 12.1 Å². The number of nitrogens with one attached hydrogen (secondary N) is 2. The fourth-order valence-corrected chi connectivity index (χ4v) is 4.35. The Morgan fingerprint density at radius 3 is 2.56 bits per heavy atom. The molecule has 0 unspecified atom stereocenters. The fraction of sp³-hybridized carbons (Fsp3) is 0.188. The first-order chi connectivity index (χ1) is 11.7. The maximum atomic E-state index is 12.9. The number of carbonyl (C=O) groups is 1. The molecule has 25 heavy (non-hydrogen) atoms. The minimum Gasteiger partial charge on any atom is -0.480 e. The third-order valence-corrected chi connectivity index (χ3v) is 6.07. The Morgan fingerprint density at radius 1 is 1.16 bits per heavy atom. The van der Waals surface area contributed by atoms with Crippen molar-refractivity contribution >= 4 is 50.5 Å². The van der Waals surface area contributed by atoms with Gasteiger partial charge >= 0.3 is 0 Å². The van der Waals surface area contributed by atoms with E-state index in [-0.39, 0.29) is 33.9 Å². The van der Waals surface area contributed by atoms with Crippen LogP contribution in [0, 0.1) is 13.8 Å². The van der Waals surface area contributed by atoms with E-state index in [0.29, 0.717) is 16.3 Å². The molecule has 0 radical (unpaired) electrons. The van der Waals surface area contributed by atoms with E-state index in [4.69, 9.17) is 27.9 Å². The zero-order valence-corrected chi connectivity index (χ0v) is 15.6. The number of sulfonamides is 1. The van der Waals surface area contributed by atoms with Gasteiger partial charge in [0.05, 0.1) is 11.4 Å². The molecule has 6 nitrogen and oxygen atoms in total. The minimum atomic E-state index is -4.02. The molecular weight excluding hydrogens is 387 g/mol. The lowest BCUT2D eigenvalue weighted by molar-refractivity contribution is -0.118. The van der Waals surface area contributed by atoms with Crippen molar-refractivity contribution in [1.82, 2.24) is 0 Å². The number of aryl methyl sites for hydroxylation is 1. The van der Waals surface area contributed by atoms with Gasteiger partial charge in [-0.2, -0.15) is 0 Å². The molecule has 0 saturated carbocycles. The van der Waals surface area contributed by atoms with Crippen LogP contribution in [0.1, 0.15) is 11.1 Å². The van der Waals surface area contributed by atoms with E-state index in [1.807, 2.05) is 6.92 Å². The lowest BCUT2D eigenvalue weighted by Crippen LogP contribution is -2.27. The summed E-state index contributed by atoms with van der Waals surface area (Å²) in [5, 5.41) is 3.20. The summed E-state index contributed by atoms with van der Waals surface area (Å²) in [4.78, 5) is 11.4. The van der Waals surface area contributed by atoms with E-state index >= 15 is 0 Å². The van der Waals surface area contributed by atoms with Crippen LogP contribution in [0.3, 0.4) is 0 Å². The molecule has 1 heterocycles. The van der Waals surface area contributed by atoms with Crippen LogP contribution >= 0.6 is 23.2 Å². The number of benzene rings is 2. The van der Waals surface area contributed by atoms with Gasteiger partial charge in [-0.3, -0.25) is 9.52 Å². The molecule has 0 saturated heterocycles. The van der Waals surface area contributed by atoms with Crippen molar-refractivity contribution in [1.29, 1.82) is 0 Å². The van der Waals surface area contributed by atoms with Gasteiger partial charge in [0.2, 0.25) is 0 Å². The second-order valence-corrected chi connectivity index (χ2v) is 8.03. The number of amides is 1. The van der Waals surface area contributed by atoms with Crippen LogP contribution < -0.4 is 14.8 Å². The first-order valence-corrected chi connectivity index (χ1v) is 9.47. The highest BCUT2D eigenvalue weighted by molar-refractivity contribution is 7.93. The first-order valence-electron chi connectivity index (χ1n) is 7.24. The van der Waals surface area contributed by atoms with Gasteiger partial charge in [0, 0.05) is 10.0 Å². The molecule has 0 aromatic heterocycles. The van der Waals surface area contributed by atoms with Crippen LogP contribution in [0.25, 0.3) is 0 Å². The number of carbonyl (C=O) groups excluding carboxylic acids is 1. The SMILES string of the molecule is Cc1ccc(NS(=O)(=O)c2c(C)c(Cl)cc3c2OCC(=O)N3)cc1Cl. The van der Waals surface area contributed by atoms with Crippen molar-refractivity contribution in [3.63, 3.8) is 0 Å². The summed E-state index contributed by atoms with van der Waals surface area (Å²) in [5.74, 6) is -0.318. The number of fused-ring (bicyclic) bond motifs is 1. The van der Waals surface area contributed by atoms with Crippen LogP contribution in [0.15, 0.2) is 29.2 Å². The molecule has 2 aromatic rings. The van der Waals surface area contributed by atoms with Crippen LogP contribution in [0.4, 0.5) is 11.4 Å². The van der Waals surface area contributed by atoms with Crippen molar-refractivity contribution < 1.29 is 17.9 Å². The number of ether oxygens (including phenoxy) is 1. The Hall–Kier alpha value is -1.96. The fourth-order valence-electron chi connectivity index (χ4n) is 2.45. The van der Waals surface area contributed by atoms with Crippen molar-refractivity contribution in [3.8, 4) is 5.75 Å². The molecule has 3 rings (SSSR count). The average molecular weight is 401 g/mol. The molecule has 1 aliphatic heterocycles. The van der Waals surface area contributed by atoms with Crippen molar-refractivity contribution in [2.24, 2.45) is 0 Å². The van der Waals surface area contributed by atoms with E-state index in [9.17, 15) is 13.2 Å². The van der Waals surface area contributed by atoms with Crippen molar-refractivity contribution in [2.75, 3.05) is 16.6 Å². The molecule has 0 aliphatic carbocycles. The Balaban J connectivity index is 2.10. The molecule has 132 valence electrons. The van der Waals surface area contributed by atoms with Crippen molar-refractivity contribution in [2.45, 2.75) is 18.7 Å². The number of halogens is 2. The Bertz CT molecular complexity index is 990. The highest BCUT2D eigenvalue weighted by Crippen LogP contribution is 2.41. The molecule has 1 aliphatic rings. The maximum Gasteiger partial charge on any atom is 0.265 e. The predicted octanol–water partition coefficient (Wildman–Crippen LogP) is 3.74. The highest BCUT2D eigenvalue weighted by atomic mass is 35.5. The summed E-state index contributed by atoms with van der Waals surface area (Å²) in [6.45, 7) is 3.11. The molecule has 2 N–H and O–H groups in total. The third kappa shape index (κ3) is 3.40. The third-order valence-electron chi connectivity index (χ3n) is 3.74. The maximum absolute atomic E-state index is 12.9. The standard InChI is InChI=1S/C16H14Cl2N2O4S/c1-8-3-4-10(5-11(8)17)20-25(22,23)16-9(2)12(18)6-13-15(16)24-7-14(21)19-13/h3-6,20H,7H2,1-2H3,(H,19,21). The summed E-state index contributed by atoms with van der Waals surface area (Å²) < 4.78 is 33.7. The van der Waals surface area contributed by atoms with Crippen LogP contribution in [0.5, 0.6) is 5.75 Å². The largest absolute Gasteiger partial charge is 0.480 e. The van der Waals surface area contributed by atoms with Gasteiger partial charge in [-0.15, -0.1) is 0 Å². The lowest BCUT2D eigenvalue weighted by Gasteiger charge is -2.23. The summed E-state index contributed by atoms with van der Waals surface area (Å²) in [6.07, 6.45) is 0. The topological polar surface area (TPSA) is 84.5 Å². The summed E-state index contributed by atoms with van der Waals surface area (Å²) in [6, 6.07) is 6.29. The molecular formula is C16H14Cl2N2O4S. The van der Waals surface area contributed by atoms with Crippen LogP contribution in [0.2, 0.25) is 10.0 Å².